The molecule has 42 heavy (non-hydrogen) atoms. The summed E-state index contributed by atoms with van der Waals surface area (Å²) in [4.78, 5) is 17.1. The fourth-order valence-corrected chi connectivity index (χ4v) is 4.49. The Kier molecular flexibility index (Phi) is 9.30. The van der Waals surface area contributed by atoms with E-state index in [4.69, 9.17) is 25.8 Å². The van der Waals surface area contributed by atoms with Gasteiger partial charge in [0.2, 0.25) is 0 Å². The van der Waals surface area contributed by atoms with Crippen LogP contribution in [0.15, 0.2) is 85.2 Å². The second-order valence-corrected chi connectivity index (χ2v) is 9.83. The molecular weight excluding hydrogens is 554 g/mol. The molecule has 3 aromatic carbocycles. The molecule has 10 heteroatoms. The van der Waals surface area contributed by atoms with E-state index < -0.39 is 0 Å². The van der Waals surface area contributed by atoms with Crippen molar-refractivity contribution < 1.29 is 19.0 Å². The molecule has 2 aromatic heterocycles. The number of rotatable bonds is 13. The van der Waals surface area contributed by atoms with Crippen LogP contribution in [-0.2, 0) is 13.2 Å². The Morgan fingerprint density at radius 1 is 1.00 bits per heavy atom. The SMILES string of the molecule is COc1ccc(/C=C/C(=O)c2ccc(OCc3cn(CCCNc4ccnc5cc(Cl)ccc45)nn3)c(OC)c2)cc1. The maximum absolute atomic E-state index is 12.7. The van der Waals surface area contributed by atoms with Crippen LogP contribution in [0.4, 0.5) is 5.69 Å². The monoisotopic (exact) mass is 583 g/mol. The Bertz CT molecular complexity index is 1700. The fourth-order valence-electron chi connectivity index (χ4n) is 4.33. The number of carbonyl (C=O) groups excluding carboxylic acids is 1. The number of aromatic nitrogens is 4. The van der Waals surface area contributed by atoms with Crippen LogP contribution in [0.25, 0.3) is 17.0 Å². The van der Waals surface area contributed by atoms with Gasteiger partial charge in [-0.1, -0.05) is 35.0 Å². The first-order valence-electron chi connectivity index (χ1n) is 13.4. The second kappa shape index (κ2) is 13.6. The Hall–Kier alpha value is -4.89. The number of anilines is 1. The molecule has 0 unspecified atom stereocenters. The number of benzene rings is 3. The number of nitrogens with one attached hydrogen (secondary N) is 1. The largest absolute Gasteiger partial charge is 0.497 e. The van der Waals surface area contributed by atoms with Crippen molar-refractivity contribution in [2.45, 2.75) is 19.6 Å². The topological polar surface area (TPSA) is 100 Å². The molecule has 1 N–H and O–H groups in total. The van der Waals surface area contributed by atoms with Crippen molar-refractivity contribution in [3.05, 3.63) is 107 Å². The lowest BCUT2D eigenvalue weighted by molar-refractivity contribution is 0.104. The first kappa shape index (κ1) is 28.6. The van der Waals surface area contributed by atoms with Crippen LogP contribution in [0.1, 0.15) is 28.0 Å². The predicted molar refractivity (Wildman–Crippen MR) is 164 cm³/mol. The highest BCUT2D eigenvalue weighted by Crippen LogP contribution is 2.29. The van der Waals surface area contributed by atoms with E-state index >= 15 is 0 Å². The van der Waals surface area contributed by atoms with Crippen molar-refractivity contribution in [1.82, 2.24) is 20.0 Å². The normalized spacial score (nSPS) is 11.1. The smallest absolute Gasteiger partial charge is 0.185 e. The van der Waals surface area contributed by atoms with E-state index in [0.717, 1.165) is 40.9 Å². The molecule has 0 aliphatic rings. The number of methoxy groups -OCH3 is 2. The Labute approximate surface area is 248 Å². The number of fused-ring (bicyclic) bond motifs is 1. The van der Waals surface area contributed by atoms with Crippen LogP contribution in [0.5, 0.6) is 17.2 Å². The maximum atomic E-state index is 12.7. The van der Waals surface area contributed by atoms with Gasteiger partial charge in [-0.25, -0.2) is 0 Å². The van der Waals surface area contributed by atoms with E-state index in [2.05, 4.69) is 20.6 Å². The van der Waals surface area contributed by atoms with Gasteiger partial charge in [0.05, 0.1) is 25.9 Å². The Balaban J connectivity index is 1.11. The van der Waals surface area contributed by atoms with Crippen molar-refractivity contribution in [1.29, 1.82) is 0 Å². The summed E-state index contributed by atoms with van der Waals surface area (Å²) >= 11 is 6.08. The van der Waals surface area contributed by atoms with Gasteiger partial charge in [-0.3, -0.25) is 14.5 Å². The Morgan fingerprint density at radius 2 is 1.86 bits per heavy atom. The molecule has 0 aliphatic heterocycles. The molecule has 5 rings (SSSR count). The summed E-state index contributed by atoms with van der Waals surface area (Å²) in [5.41, 5.74) is 3.94. The van der Waals surface area contributed by atoms with Gasteiger partial charge < -0.3 is 19.5 Å². The summed E-state index contributed by atoms with van der Waals surface area (Å²) in [6, 6.07) is 20.2. The summed E-state index contributed by atoms with van der Waals surface area (Å²) in [5.74, 6) is 1.59. The average molecular weight is 584 g/mol. The quantitative estimate of drug-likeness (QED) is 0.0955. The van der Waals surface area contributed by atoms with E-state index in [-0.39, 0.29) is 12.4 Å². The molecule has 0 radical (unpaired) electrons. The van der Waals surface area contributed by atoms with Crippen LogP contribution in [-0.4, -0.2) is 46.5 Å². The van der Waals surface area contributed by atoms with Crippen molar-refractivity contribution in [2.75, 3.05) is 26.1 Å². The number of allylic oxidation sites excluding steroid dienone is 1. The minimum Gasteiger partial charge on any atom is -0.497 e. The predicted octanol–water partition coefficient (Wildman–Crippen LogP) is 6.47. The lowest BCUT2D eigenvalue weighted by Gasteiger charge is -2.10. The number of halogens is 1. The van der Waals surface area contributed by atoms with Crippen molar-refractivity contribution in [3.8, 4) is 17.2 Å². The van der Waals surface area contributed by atoms with Gasteiger partial charge in [0.1, 0.15) is 18.1 Å². The highest BCUT2D eigenvalue weighted by atomic mass is 35.5. The second-order valence-electron chi connectivity index (χ2n) is 9.40. The molecule has 0 aliphatic carbocycles. The van der Waals surface area contributed by atoms with E-state index in [1.165, 1.54) is 13.2 Å². The molecule has 0 amide bonds. The lowest BCUT2D eigenvalue weighted by atomic mass is 10.1. The molecule has 0 fully saturated rings. The fraction of sp³-hybridized carbons (Fsp3) is 0.188. The third-order valence-electron chi connectivity index (χ3n) is 6.54. The molecule has 0 bridgehead atoms. The van der Waals surface area contributed by atoms with Crippen molar-refractivity contribution in [3.63, 3.8) is 0 Å². The van der Waals surface area contributed by atoms with Gasteiger partial charge in [0, 0.05) is 40.9 Å². The molecular formula is C32H30ClN5O4. The minimum absolute atomic E-state index is 0.144. The summed E-state index contributed by atoms with van der Waals surface area (Å²) in [6.07, 6.45) is 7.76. The number of aryl methyl sites for hydroxylation is 1. The van der Waals surface area contributed by atoms with E-state index in [1.54, 1.807) is 42.3 Å². The van der Waals surface area contributed by atoms with Crippen molar-refractivity contribution in [2.24, 2.45) is 0 Å². The third kappa shape index (κ3) is 7.24. The highest BCUT2D eigenvalue weighted by Gasteiger charge is 2.11. The number of nitrogens with zero attached hydrogens (tertiary/aromatic N) is 4. The van der Waals surface area contributed by atoms with Crippen LogP contribution in [0.3, 0.4) is 0 Å². The van der Waals surface area contributed by atoms with E-state index in [9.17, 15) is 4.79 Å². The van der Waals surface area contributed by atoms with Gasteiger partial charge in [0.15, 0.2) is 17.3 Å². The van der Waals surface area contributed by atoms with Crippen LogP contribution in [0.2, 0.25) is 5.02 Å². The van der Waals surface area contributed by atoms with Gasteiger partial charge >= 0.3 is 0 Å². The molecule has 5 aromatic rings. The minimum atomic E-state index is -0.144. The average Bonchev–Trinajstić information content (AvgIpc) is 3.48. The van der Waals surface area contributed by atoms with Gasteiger partial charge in [0.25, 0.3) is 0 Å². The van der Waals surface area contributed by atoms with Crippen LogP contribution < -0.4 is 19.5 Å². The molecule has 214 valence electrons. The molecule has 2 heterocycles. The zero-order valence-electron chi connectivity index (χ0n) is 23.3. The lowest BCUT2D eigenvalue weighted by Crippen LogP contribution is -2.07. The van der Waals surface area contributed by atoms with Gasteiger partial charge in [-0.2, -0.15) is 0 Å². The summed E-state index contributed by atoms with van der Waals surface area (Å²) in [7, 11) is 3.15. The third-order valence-corrected chi connectivity index (χ3v) is 6.77. The zero-order valence-corrected chi connectivity index (χ0v) is 24.0. The van der Waals surface area contributed by atoms with E-state index in [0.29, 0.717) is 34.3 Å². The number of pyridine rings is 1. The zero-order chi connectivity index (χ0) is 29.3. The standard InChI is InChI=1S/C32H30ClN5O4/c1-40-26-9-4-22(5-10-26)6-12-30(39)23-7-13-31(32(18-23)41-2)42-21-25-20-38(37-36-25)17-3-15-34-28-14-16-35-29-19-24(33)8-11-27(28)29/h4-14,16,18-20H,3,15,17,21H2,1-2H3,(H,34,35)/b12-6+. The number of hydrogen-bond donors (Lipinski definition) is 1. The number of ether oxygens (including phenoxy) is 3. The number of ketones is 1. The maximum Gasteiger partial charge on any atom is 0.185 e. The van der Waals surface area contributed by atoms with Crippen LogP contribution >= 0.6 is 11.6 Å². The summed E-state index contributed by atoms with van der Waals surface area (Å²) in [6.45, 7) is 1.66. The first-order valence-corrected chi connectivity index (χ1v) is 13.7. The summed E-state index contributed by atoms with van der Waals surface area (Å²) < 4.78 is 18.4. The number of hydrogen-bond acceptors (Lipinski definition) is 8. The van der Waals surface area contributed by atoms with Crippen molar-refractivity contribution >= 4 is 40.1 Å². The van der Waals surface area contributed by atoms with Gasteiger partial charge in [-0.15, -0.1) is 5.10 Å². The van der Waals surface area contributed by atoms with Crippen LogP contribution in [0, 0.1) is 0 Å². The molecule has 0 saturated carbocycles. The molecule has 9 nitrogen and oxygen atoms in total. The molecule has 0 saturated heterocycles. The molecule has 0 atom stereocenters. The molecule has 0 spiro atoms. The van der Waals surface area contributed by atoms with Gasteiger partial charge in [-0.05, 0) is 72.7 Å². The number of carbonyl (C=O) groups is 1. The van der Waals surface area contributed by atoms with E-state index in [1.807, 2.05) is 54.7 Å². The summed E-state index contributed by atoms with van der Waals surface area (Å²) in [5, 5.41) is 13.6. The first-order chi connectivity index (χ1) is 20.5. The highest BCUT2D eigenvalue weighted by molar-refractivity contribution is 6.31. The Morgan fingerprint density at radius 3 is 2.67 bits per heavy atom.